The number of ether oxygens (including phenoxy) is 3. The molecule has 9 heteroatoms. The van der Waals surface area contributed by atoms with Crippen LogP contribution >= 0.6 is 0 Å². The van der Waals surface area contributed by atoms with E-state index in [1.807, 2.05) is 0 Å². The maximum Gasteiger partial charge on any atom is 0.380 e. The second-order valence-electron chi connectivity index (χ2n) is 10.7. The molecule has 0 saturated carbocycles. The third kappa shape index (κ3) is 4.24. The van der Waals surface area contributed by atoms with Crippen LogP contribution in [-0.4, -0.2) is 44.2 Å². The van der Waals surface area contributed by atoms with Gasteiger partial charge in [-0.2, -0.15) is 26.3 Å². The van der Waals surface area contributed by atoms with E-state index < -0.39 is 28.9 Å². The smallest absolute Gasteiger partial charge is 0.377 e. The second-order valence-corrected chi connectivity index (χ2v) is 10.7. The Kier molecular flexibility index (Phi) is 7.11. The molecule has 6 rings (SSSR count). The third-order valence-electron chi connectivity index (χ3n) is 8.26. The number of fused-ring (bicyclic) bond motifs is 10. The van der Waals surface area contributed by atoms with Crippen LogP contribution in [0.4, 0.5) is 26.3 Å². The molecule has 0 saturated heterocycles. The van der Waals surface area contributed by atoms with Crippen LogP contribution < -0.4 is 0 Å². The molecule has 4 bridgehead atoms. The van der Waals surface area contributed by atoms with Gasteiger partial charge in [0, 0.05) is 11.1 Å². The maximum absolute atomic E-state index is 16.1. The van der Waals surface area contributed by atoms with Crippen LogP contribution in [0.1, 0.15) is 33.4 Å². The summed E-state index contributed by atoms with van der Waals surface area (Å²) in [6.45, 7) is 3.69. The fourth-order valence-electron chi connectivity index (χ4n) is 6.05. The molecule has 1 aliphatic carbocycles. The van der Waals surface area contributed by atoms with E-state index in [1.54, 1.807) is 48.5 Å². The van der Waals surface area contributed by atoms with Gasteiger partial charge in [-0.25, -0.2) is 0 Å². The second kappa shape index (κ2) is 10.4. The van der Waals surface area contributed by atoms with E-state index in [4.69, 9.17) is 14.2 Å². The van der Waals surface area contributed by atoms with Crippen molar-refractivity contribution >= 4 is 32.7 Å². The number of halogens is 6. The fraction of sp³-hybridized carbons (Fsp3) is 0.333. The Morgan fingerprint density at radius 3 is 1.36 bits per heavy atom. The normalized spacial score (nSPS) is 20.5. The summed E-state index contributed by atoms with van der Waals surface area (Å²) in [4.78, 5) is 0. The lowest BCUT2D eigenvalue weighted by Crippen LogP contribution is -2.49. The summed E-state index contributed by atoms with van der Waals surface area (Å²) >= 11 is 0. The molecule has 0 atom stereocenters. The minimum atomic E-state index is -5.69. The Morgan fingerprint density at radius 1 is 0.548 bits per heavy atom. The molecular formula is C33H28F6O3. The van der Waals surface area contributed by atoms with Crippen LogP contribution in [0.3, 0.4) is 0 Å². The predicted octanol–water partition coefficient (Wildman–Crippen LogP) is 8.50. The Balaban J connectivity index is 1.80. The lowest BCUT2D eigenvalue weighted by Gasteiger charge is -2.27. The van der Waals surface area contributed by atoms with E-state index in [-0.39, 0.29) is 72.7 Å². The minimum Gasteiger partial charge on any atom is -0.377 e. The number of hydrogen-bond acceptors (Lipinski definition) is 3. The molecule has 0 unspecified atom stereocenters. The van der Waals surface area contributed by atoms with Crippen molar-refractivity contribution in [2.24, 2.45) is 0 Å². The van der Waals surface area contributed by atoms with Gasteiger partial charge in [0.25, 0.3) is 0 Å². The first-order valence-corrected chi connectivity index (χ1v) is 13.6. The van der Waals surface area contributed by atoms with Gasteiger partial charge < -0.3 is 14.2 Å². The van der Waals surface area contributed by atoms with Crippen molar-refractivity contribution < 1.29 is 40.6 Å². The molecule has 0 fully saturated rings. The molecule has 4 aromatic rings. The zero-order chi connectivity index (χ0) is 29.9. The van der Waals surface area contributed by atoms with Crippen molar-refractivity contribution in [3.05, 3.63) is 94.0 Å². The summed E-state index contributed by atoms with van der Waals surface area (Å²) in [5, 5.41) is 1.22. The summed E-state index contributed by atoms with van der Waals surface area (Å²) < 4.78 is 113. The van der Waals surface area contributed by atoms with Gasteiger partial charge in [-0.3, -0.25) is 0 Å². The van der Waals surface area contributed by atoms with Crippen molar-refractivity contribution in [1.82, 2.24) is 0 Å². The summed E-state index contributed by atoms with van der Waals surface area (Å²) in [5.41, 5.74) is -2.23. The third-order valence-corrected chi connectivity index (χ3v) is 8.26. The SMILES string of the molecule is Cc1c2cc3ccccc3c1C1=C(c3c(C)c(cc4ccccc34)COCCOCCOC2)C(F)(F)C(F)(F)C1(F)F. The van der Waals surface area contributed by atoms with E-state index in [0.29, 0.717) is 21.9 Å². The molecule has 42 heavy (non-hydrogen) atoms. The van der Waals surface area contributed by atoms with E-state index in [1.165, 1.54) is 26.0 Å². The van der Waals surface area contributed by atoms with Gasteiger partial charge in [-0.05, 0) is 80.9 Å². The van der Waals surface area contributed by atoms with E-state index in [0.717, 1.165) is 0 Å². The van der Waals surface area contributed by atoms with Gasteiger partial charge >= 0.3 is 17.8 Å². The van der Waals surface area contributed by atoms with Gasteiger partial charge in [-0.1, -0.05) is 48.5 Å². The molecule has 0 spiro atoms. The Labute approximate surface area is 238 Å². The molecule has 4 aromatic carbocycles. The van der Waals surface area contributed by atoms with Crippen molar-refractivity contribution in [2.75, 3.05) is 26.4 Å². The molecule has 0 radical (unpaired) electrons. The lowest BCUT2D eigenvalue weighted by atomic mass is 9.83. The monoisotopic (exact) mass is 586 g/mol. The number of hydrogen-bond donors (Lipinski definition) is 0. The Morgan fingerprint density at radius 2 is 0.929 bits per heavy atom. The van der Waals surface area contributed by atoms with Crippen molar-refractivity contribution in [3.8, 4) is 0 Å². The highest BCUT2D eigenvalue weighted by molar-refractivity contribution is 6.12. The molecule has 1 aliphatic heterocycles. The summed E-state index contributed by atoms with van der Waals surface area (Å²) in [7, 11) is 0. The molecule has 2 aliphatic rings. The van der Waals surface area contributed by atoms with Crippen LogP contribution in [0.25, 0.3) is 32.7 Å². The van der Waals surface area contributed by atoms with E-state index >= 15 is 26.3 Å². The molecule has 0 N–H and O–H groups in total. The van der Waals surface area contributed by atoms with Crippen molar-refractivity contribution in [3.63, 3.8) is 0 Å². The lowest BCUT2D eigenvalue weighted by molar-refractivity contribution is -0.254. The first-order valence-electron chi connectivity index (χ1n) is 13.6. The zero-order valence-corrected chi connectivity index (χ0v) is 23.0. The van der Waals surface area contributed by atoms with Crippen LogP contribution in [0, 0.1) is 13.8 Å². The predicted molar refractivity (Wildman–Crippen MR) is 149 cm³/mol. The number of allylic oxidation sites excluding steroid dienone is 2. The number of alkyl halides is 6. The standard InChI is InChI=1S/C33H28F6O3/c1-19-23-15-21-7-3-5-9-25(21)27(19)29-30(32(36,37)33(38,39)31(29,34)35)28-20(2)24(16-22-8-4-6-10-26(22)28)18-42-14-12-40-11-13-41-17-23/h3-10,15-16H,11-14,17-18H2,1-2H3. The average molecular weight is 587 g/mol. The van der Waals surface area contributed by atoms with Crippen molar-refractivity contribution in [1.29, 1.82) is 0 Å². The van der Waals surface area contributed by atoms with Gasteiger partial charge in [-0.15, -0.1) is 0 Å². The average Bonchev–Trinajstić information content (AvgIpc) is 3.05. The van der Waals surface area contributed by atoms with Gasteiger partial charge in [0.1, 0.15) is 0 Å². The zero-order valence-electron chi connectivity index (χ0n) is 23.0. The molecule has 1 heterocycles. The van der Waals surface area contributed by atoms with Crippen LogP contribution in [-0.2, 0) is 27.4 Å². The van der Waals surface area contributed by atoms with Gasteiger partial charge in [0.05, 0.1) is 39.6 Å². The molecule has 0 amide bonds. The van der Waals surface area contributed by atoms with Crippen molar-refractivity contribution in [2.45, 2.75) is 44.8 Å². The van der Waals surface area contributed by atoms with Crippen LogP contribution in [0.2, 0.25) is 0 Å². The topological polar surface area (TPSA) is 27.7 Å². The number of benzene rings is 4. The van der Waals surface area contributed by atoms with Crippen LogP contribution in [0.5, 0.6) is 0 Å². The largest absolute Gasteiger partial charge is 0.380 e. The Bertz CT molecular complexity index is 1600. The minimum absolute atomic E-state index is 0.0536. The van der Waals surface area contributed by atoms with E-state index in [2.05, 4.69) is 0 Å². The molecule has 3 nitrogen and oxygen atoms in total. The quantitative estimate of drug-likeness (QED) is 0.194. The molecular weight excluding hydrogens is 558 g/mol. The Hall–Kier alpha value is -3.40. The van der Waals surface area contributed by atoms with Gasteiger partial charge in [0.15, 0.2) is 0 Å². The summed E-state index contributed by atoms with van der Waals surface area (Å²) in [6, 6.07) is 16.1. The molecule has 0 aromatic heterocycles. The first kappa shape index (κ1) is 28.7. The fourth-order valence-corrected chi connectivity index (χ4v) is 6.05. The highest BCUT2D eigenvalue weighted by atomic mass is 19.3. The maximum atomic E-state index is 16.1. The number of rotatable bonds is 0. The van der Waals surface area contributed by atoms with Crippen LogP contribution in [0.15, 0.2) is 60.7 Å². The summed E-state index contributed by atoms with van der Waals surface area (Å²) in [5.74, 6) is -16.1. The van der Waals surface area contributed by atoms with Gasteiger partial charge in [0.2, 0.25) is 0 Å². The molecule has 220 valence electrons. The highest BCUT2D eigenvalue weighted by Crippen LogP contribution is 2.66. The first-order chi connectivity index (χ1) is 20.0. The summed E-state index contributed by atoms with van der Waals surface area (Å²) in [6.07, 6.45) is 0. The van der Waals surface area contributed by atoms with E-state index in [9.17, 15) is 0 Å². The highest BCUT2D eigenvalue weighted by Gasteiger charge is 2.80.